The number of carbonyl (C=O) groups excluding carboxylic acids is 4. The molecule has 0 aromatic carbocycles. The summed E-state index contributed by atoms with van der Waals surface area (Å²) in [6.45, 7) is 0. The Morgan fingerprint density at radius 1 is 0.864 bits per heavy atom. The summed E-state index contributed by atoms with van der Waals surface area (Å²) >= 11 is 0. The van der Waals surface area contributed by atoms with Gasteiger partial charge in [-0.2, -0.15) is 0 Å². The van der Waals surface area contributed by atoms with E-state index in [9.17, 15) is 19.2 Å². The zero-order valence-corrected chi connectivity index (χ0v) is 11.2. The van der Waals surface area contributed by atoms with Gasteiger partial charge in [-0.3, -0.25) is 9.59 Å². The average Bonchev–Trinajstić information content (AvgIpc) is 3.04. The molecule has 2 aliphatic heterocycles. The van der Waals surface area contributed by atoms with Crippen LogP contribution >= 0.6 is 0 Å². The zero-order valence-electron chi connectivity index (χ0n) is 11.2. The zero-order chi connectivity index (χ0) is 15.9. The van der Waals surface area contributed by atoms with Crippen LogP contribution in [0.4, 0.5) is 9.59 Å². The lowest BCUT2D eigenvalue weighted by atomic mass is 10.4. The summed E-state index contributed by atoms with van der Waals surface area (Å²) in [6.07, 6.45) is -1.91. The van der Waals surface area contributed by atoms with Gasteiger partial charge in [-0.05, 0) is 0 Å². The second-order valence-corrected chi connectivity index (χ2v) is 4.16. The molecule has 22 heavy (non-hydrogen) atoms. The van der Waals surface area contributed by atoms with Crippen molar-refractivity contribution in [2.45, 2.75) is 38.3 Å². The van der Waals surface area contributed by atoms with Gasteiger partial charge in [-0.25, -0.2) is 9.59 Å². The Morgan fingerprint density at radius 3 is 1.59 bits per heavy atom. The van der Waals surface area contributed by atoms with Crippen LogP contribution in [0, 0.1) is 0 Å². The molecule has 120 valence electrons. The van der Waals surface area contributed by atoms with Crippen molar-refractivity contribution in [1.29, 1.82) is 0 Å². The van der Waals surface area contributed by atoms with Gasteiger partial charge >= 0.3 is 24.2 Å². The minimum Gasteiger partial charge on any atom is -0.425 e. The van der Waals surface area contributed by atoms with E-state index in [1.807, 2.05) is 0 Å². The third-order valence-corrected chi connectivity index (χ3v) is 2.53. The fourth-order valence-corrected chi connectivity index (χ4v) is 1.60. The maximum absolute atomic E-state index is 11.1. The summed E-state index contributed by atoms with van der Waals surface area (Å²) in [7, 11) is 0. The van der Waals surface area contributed by atoms with Crippen molar-refractivity contribution in [3.63, 3.8) is 0 Å². The molecule has 0 radical (unpaired) electrons. The van der Waals surface area contributed by atoms with Crippen molar-refractivity contribution in [3.8, 4) is 0 Å². The number of hydrogen-bond acceptors (Lipinski definition) is 10. The van der Waals surface area contributed by atoms with E-state index in [1.165, 1.54) is 0 Å². The molecular formula is C12H12O10. The molecule has 0 N–H and O–H groups in total. The predicted octanol–water partition coefficient (Wildman–Crippen LogP) is 1.09. The second-order valence-electron chi connectivity index (χ2n) is 4.16. The van der Waals surface area contributed by atoms with Crippen LogP contribution in [0.1, 0.15) is 25.7 Å². The van der Waals surface area contributed by atoms with E-state index in [0.717, 1.165) is 12.5 Å². The Hall–Kier alpha value is -2.78. The fourth-order valence-electron chi connectivity index (χ4n) is 1.60. The number of cyclic esters (lactones) is 2. The summed E-state index contributed by atoms with van der Waals surface area (Å²) < 4.78 is 27.4. The van der Waals surface area contributed by atoms with Crippen LogP contribution in [-0.2, 0) is 38.0 Å². The molecule has 2 fully saturated rings. The molecule has 0 aromatic rings. The lowest BCUT2D eigenvalue weighted by molar-refractivity contribution is -0.157. The number of esters is 2. The van der Waals surface area contributed by atoms with Crippen molar-refractivity contribution in [3.05, 3.63) is 12.5 Å². The molecule has 2 atom stereocenters. The molecule has 2 unspecified atom stereocenters. The van der Waals surface area contributed by atoms with Crippen LogP contribution in [0.3, 0.4) is 0 Å². The van der Waals surface area contributed by atoms with Gasteiger partial charge in [0, 0.05) is 12.8 Å². The molecule has 0 aromatic heterocycles. The summed E-state index contributed by atoms with van der Waals surface area (Å²) in [6, 6.07) is 0. The van der Waals surface area contributed by atoms with Crippen LogP contribution in [-0.4, -0.2) is 36.8 Å². The Balaban J connectivity index is 1.58. The topological polar surface area (TPSA) is 124 Å². The largest absolute Gasteiger partial charge is 0.516 e. The van der Waals surface area contributed by atoms with E-state index >= 15 is 0 Å². The monoisotopic (exact) mass is 316 g/mol. The Morgan fingerprint density at radius 2 is 1.27 bits per heavy atom. The lowest BCUT2D eigenvalue weighted by Gasteiger charge is -2.09. The maximum atomic E-state index is 11.1. The fraction of sp³-hybridized carbons (Fsp3) is 0.500. The number of rotatable bonds is 4. The summed E-state index contributed by atoms with van der Waals surface area (Å²) in [5.74, 6) is -0.931. The first-order chi connectivity index (χ1) is 10.5. The number of ether oxygens (including phenoxy) is 6. The highest BCUT2D eigenvalue weighted by Crippen LogP contribution is 2.16. The third-order valence-electron chi connectivity index (χ3n) is 2.53. The van der Waals surface area contributed by atoms with Crippen molar-refractivity contribution >= 4 is 24.2 Å². The predicted molar refractivity (Wildman–Crippen MR) is 62.5 cm³/mol. The van der Waals surface area contributed by atoms with Crippen LogP contribution in [0.25, 0.3) is 0 Å². The molecule has 2 rings (SSSR count). The van der Waals surface area contributed by atoms with Gasteiger partial charge in [0.2, 0.25) is 0 Å². The van der Waals surface area contributed by atoms with E-state index in [0.29, 0.717) is 0 Å². The first-order valence-electron chi connectivity index (χ1n) is 6.31. The molecule has 0 amide bonds. The van der Waals surface area contributed by atoms with Gasteiger partial charge < -0.3 is 28.4 Å². The molecule has 10 nitrogen and oxygen atoms in total. The molecule has 2 heterocycles. The van der Waals surface area contributed by atoms with Crippen LogP contribution in [0.15, 0.2) is 12.5 Å². The number of carbonyl (C=O) groups is 4. The van der Waals surface area contributed by atoms with E-state index in [2.05, 4.69) is 28.4 Å². The van der Waals surface area contributed by atoms with Crippen molar-refractivity contribution < 1.29 is 47.6 Å². The van der Waals surface area contributed by atoms with Gasteiger partial charge in [-0.15, -0.1) is 0 Å². The van der Waals surface area contributed by atoms with Gasteiger partial charge in [0.15, 0.2) is 0 Å². The minimum absolute atomic E-state index is 0.161. The Bertz CT molecular complexity index is 452. The maximum Gasteiger partial charge on any atom is 0.516 e. The van der Waals surface area contributed by atoms with Gasteiger partial charge in [0.05, 0.1) is 12.8 Å². The van der Waals surface area contributed by atoms with E-state index < -0.39 is 36.8 Å². The first kappa shape index (κ1) is 15.6. The summed E-state index contributed by atoms with van der Waals surface area (Å²) in [5, 5.41) is 0. The molecule has 2 aliphatic rings. The second kappa shape index (κ2) is 7.29. The normalized spacial score (nSPS) is 23.8. The van der Waals surface area contributed by atoms with Crippen LogP contribution < -0.4 is 0 Å². The molecule has 2 saturated heterocycles. The van der Waals surface area contributed by atoms with Crippen LogP contribution in [0.5, 0.6) is 0 Å². The molecular weight excluding hydrogens is 304 g/mol. The van der Waals surface area contributed by atoms with Crippen LogP contribution in [0.2, 0.25) is 0 Å². The molecule has 10 heteroatoms. The van der Waals surface area contributed by atoms with Gasteiger partial charge in [0.25, 0.3) is 12.6 Å². The smallest absolute Gasteiger partial charge is 0.425 e. The quantitative estimate of drug-likeness (QED) is 0.423. The summed E-state index contributed by atoms with van der Waals surface area (Å²) in [4.78, 5) is 43.8. The summed E-state index contributed by atoms with van der Waals surface area (Å²) in [5.41, 5.74) is 0. The highest BCUT2D eigenvalue weighted by molar-refractivity contribution is 5.72. The Kier molecular flexibility index (Phi) is 5.17. The van der Waals surface area contributed by atoms with Crippen molar-refractivity contribution in [2.75, 3.05) is 0 Å². The highest BCUT2D eigenvalue weighted by Gasteiger charge is 2.28. The Labute approximate surface area is 123 Å². The molecule has 0 spiro atoms. The van der Waals surface area contributed by atoms with Crippen molar-refractivity contribution in [2.24, 2.45) is 0 Å². The lowest BCUT2D eigenvalue weighted by Crippen LogP contribution is -2.17. The average molecular weight is 316 g/mol. The molecule has 0 bridgehead atoms. The SMILES string of the molecule is O=C1CCC(OC(=O)OC=COC(=O)OC2CCC(=O)O2)O1. The van der Waals surface area contributed by atoms with E-state index in [4.69, 9.17) is 0 Å². The molecule has 0 aliphatic carbocycles. The first-order valence-corrected chi connectivity index (χ1v) is 6.31. The highest BCUT2D eigenvalue weighted by atomic mass is 16.8. The standard InChI is InChI=1S/C12H12O10/c13-7-1-3-9(19-7)21-11(15)17-5-6-18-12(16)22-10-4-2-8(14)20-10/h5-6,9-10H,1-4H2. The minimum atomic E-state index is -1.13. The van der Waals surface area contributed by atoms with Gasteiger partial charge in [-0.1, -0.05) is 0 Å². The number of hydrogen-bond donors (Lipinski definition) is 0. The molecule has 0 saturated carbocycles. The van der Waals surface area contributed by atoms with E-state index in [-0.39, 0.29) is 25.7 Å². The van der Waals surface area contributed by atoms with E-state index in [1.54, 1.807) is 0 Å². The van der Waals surface area contributed by atoms with Gasteiger partial charge in [0.1, 0.15) is 12.5 Å². The van der Waals surface area contributed by atoms with Crippen molar-refractivity contribution in [1.82, 2.24) is 0 Å². The third kappa shape index (κ3) is 4.96.